The average molecular weight is 395 g/mol. The van der Waals surface area contributed by atoms with Gasteiger partial charge in [0.2, 0.25) is 0 Å². The molecule has 0 saturated heterocycles. The molecule has 122 valence electrons. The zero-order valence-electron chi connectivity index (χ0n) is 12.1. The van der Waals surface area contributed by atoms with Crippen LogP contribution < -0.4 is 4.74 Å². The topological polar surface area (TPSA) is 26.3 Å². The van der Waals surface area contributed by atoms with Crippen molar-refractivity contribution in [2.75, 3.05) is 0 Å². The average Bonchev–Trinajstić information content (AvgIpc) is 2.54. The molecule has 3 aromatic rings. The molecule has 0 spiro atoms. The molecule has 0 saturated carbocycles. The molecular formula is C18H10BrF3O2. The number of ether oxygens (including phenoxy) is 1. The van der Waals surface area contributed by atoms with Crippen molar-refractivity contribution in [3.8, 4) is 5.75 Å². The Kier molecular flexibility index (Phi) is 4.32. The summed E-state index contributed by atoms with van der Waals surface area (Å²) in [5, 5.41) is 1.86. The van der Waals surface area contributed by atoms with Gasteiger partial charge < -0.3 is 4.74 Å². The summed E-state index contributed by atoms with van der Waals surface area (Å²) in [5.74, 6) is -0.380. The Morgan fingerprint density at radius 3 is 2.17 bits per heavy atom. The van der Waals surface area contributed by atoms with E-state index in [1.165, 1.54) is 0 Å². The predicted molar refractivity (Wildman–Crippen MR) is 88.1 cm³/mol. The monoisotopic (exact) mass is 394 g/mol. The molecule has 0 unspecified atom stereocenters. The zero-order chi connectivity index (χ0) is 17.3. The minimum Gasteiger partial charge on any atom is -0.423 e. The van der Waals surface area contributed by atoms with E-state index in [0.29, 0.717) is 5.75 Å². The summed E-state index contributed by atoms with van der Waals surface area (Å²) in [6.45, 7) is 0. The normalized spacial score (nSPS) is 11.5. The molecule has 0 N–H and O–H groups in total. The third-order valence-electron chi connectivity index (χ3n) is 3.43. The smallest absolute Gasteiger partial charge is 0.416 e. The van der Waals surface area contributed by atoms with E-state index in [4.69, 9.17) is 4.74 Å². The van der Waals surface area contributed by atoms with Crippen LogP contribution in [0.3, 0.4) is 0 Å². The van der Waals surface area contributed by atoms with E-state index in [0.717, 1.165) is 39.5 Å². The second-order valence-electron chi connectivity index (χ2n) is 5.12. The summed E-state index contributed by atoms with van der Waals surface area (Å²) in [4.78, 5) is 12.1. The van der Waals surface area contributed by atoms with E-state index in [1.54, 1.807) is 18.2 Å². The number of carbonyl (C=O) groups is 1. The van der Waals surface area contributed by atoms with Crippen LogP contribution >= 0.6 is 15.9 Å². The van der Waals surface area contributed by atoms with Gasteiger partial charge in [0, 0.05) is 4.47 Å². The molecule has 3 aromatic carbocycles. The van der Waals surface area contributed by atoms with Crippen LogP contribution in [0.1, 0.15) is 15.9 Å². The molecule has 0 radical (unpaired) electrons. The molecule has 2 nitrogen and oxygen atoms in total. The standard InChI is InChI=1S/C18H10BrF3O2/c19-15-7-3-13-10-16(8-4-12(13)9-15)24-17(23)11-1-5-14(6-2-11)18(20,21)22/h1-10H. The Labute approximate surface area is 144 Å². The quantitative estimate of drug-likeness (QED) is 0.403. The maximum Gasteiger partial charge on any atom is 0.416 e. The first-order valence-corrected chi connectivity index (χ1v) is 7.71. The van der Waals surface area contributed by atoms with Gasteiger partial charge >= 0.3 is 12.1 Å². The van der Waals surface area contributed by atoms with Gasteiger partial charge in [-0.2, -0.15) is 13.2 Å². The maximum absolute atomic E-state index is 12.5. The molecule has 24 heavy (non-hydrogen) atoms. The van der Waals surface area contributed by atoms with Gasteiger partial charge in [0.1, 0.15) is 5.75 Å². The summed E-state index contributed by atoms with van der Waals surface area (Å²) in [5.41, 5.74) is -0.755. The molecule has 0 aliphatic heterocycles. The highest BCUT2D eigenvalue weighted by Gasteiger charge is 2.30. The van der Waals surface area contributed by atoms with Crippen molar-refractivity contribution in [2.24, 2.45) is 0 Å². The van der Waals surface area contributed by atoms with Gasteiger partial charge in [0.25, 0.3) is 0 Å². The molecule has 0 fully saturated rings. The molecular weight excluding hydrogens is 385 g/mol. The molecule has 0 amide bonds. The Hall–Kier alpha value is -2.34. The largest absolute Gasteiger partial charge is 0.423 e. The number of alkyl halides is 3. The van der Waals surface area contributed by atoms with Gasteiger partial charge in [-0.15, -0.1) is 0 Å². The third kappa shape index (κ3) is 3.59. The van der Waals surface area contributed by atoms with Crippen LogP contribution in [0.5, 0.6) is 5.75 Å². The van der Waals surface area contributed by atoms with Gasteiger partial charge in [-0.25, -0.2) is 4.79 Å². The van der Waals surface area contributed by atoms with Crippen molar-refractivity contribution in [3.05, 3.63) is 76.3 Å². The van der Waals surface area contributed by atoms with Crippen LogP contribution in [0, 0.1) is 0 Å². The van der Waals surface area contributed by atoms with Crippen molar-refractivity contribution in [3.63, 3.8) is 0 Å². The zero-order valence-corrected chi connectivity index (χ0v) is 13.7. The van der Waals surface area contributed by atoms with Gasteiger partial charge in [-0.1, -0.05) is 28.1 Å². The molecule has 3 rings (SSSR count). The van der Waals surface area contributed by atoms with Crippen molar-refractivity contribution >= 4 is 32.7 Å². The minimum atomic E-state index is -4.44. The predicted octanol–water partition coefficient (Wildman–Crippen LogP) is 5.84. The summed E-state index contributed by atoms with van der Waals surface area (Å²) >= 11 is 3.38. The summed E-state index contributed by atoms with van der Waals surface area (Å²) < 4.78 is 43.7. The Balaban J connectivity index is 1.80. The van der Waals surface area contributed by atoms with Crippen molar-refractivity contribution in [1.82, 2.24) is 0 Å². The number of hydrogen-bond acceptors (Lipinski definition) is 2. The lowest BCUT2D eigenvalue weighted by atomic mass is 10.1. The number of fused-ring (bicyclic) bond motifs is 1. The number of esters is 1. The van der Waals surface area contributed by atoms with Crippen LogP contribution in [0.2, 0.25) is 0 Å². The van der Waals surface area contributed by atoms with E-state index in [-0.39, 0.29) is 5.56 Å². The number of benzene rings is 3. The number of carbonyl (C=O) groups excluding carboxylic acids is 1. The van der Waals surface area contributed by atoms with E-state index < -0.39 is 17.7 Å². The van der Waals surface area contributed by atoms with Gasteiger partial charge in [-0.05, 0) is 59.3 Å². The van der Waals surface area contributed by atoms with E-state index >= 15 is 0 Å². The molecule has 0 aliphatic rings. The summed E-state index contributed by atoms with van der Waals surface area (Å²) in [6, 6.07) is 14.7. The first-order chi connectivity index (χ1) is 11.3. The fourth-order valence-corrected chi connectivity index (χ4v) is 2.60. The van der Waals surface area contributed by atoms with E-state index in [2.05, 4.69) is 15.9 Å². The van der Waals surface area contributed by atoms with Gasteiger partial charge in [-0.3, -0.25) is 0 Å². The lowest BCUT2D eigenvalue weighted by Gasteiger charge is -2.08. The minimum absolute atomic E-state index is 0.0545. The molecule has 0 bridgehead atoms. The molecule has 0 heterocycles. The Morgan fingerprint density at radius 1 is 0.875 bits per heavy atom. The highest BCUT2D eigenvalue weighted by Crippen LogP contribution is 2.29. The van der Waals surface area contributed by atoms with Gasteiger partial charge in [0.15, 0.2) is 0 Å². The molecule has 0 atom stereocenters. The SMILES string of the molecule is O=C(Oc1ccc2cc(Br)ccc2c1)c1ccc(C(F)(F)F)cc1. The lowest BCUT2D eigenvalue weighted by Crippen LogP contribution is -2.10. The first-order valence-electron chi connectivity index (χ1n) is 6.92. The van der Waals surface area contributed by atoms with Crippen molar-refractivity contribution in [1.29, 1.82) is 0 Å². The van der Waals surface area contributed by atoms with Crippen LogP contribution in [0.15, 0.2) is 65.1 Å². The number of hydrogen-bond donors (Lipinski definition) is 0. The number of halogens is 4. The van der Waals surface area contributed by atoms with Crippen molar-refractivity contribution in [2.45, 2.75) is 6.18 Å². The van der Waals surface area contributed by atoms with Crippen LogP contribution in [0.25, 0.3) is 10.8 Å². The fourth-order valence-electron chi connectivity index (χ4n) is 2.22. The van der Waals surface area contributed by atoms with Crippen LogP contribution in [0.4, 0.5) is 13.2 Å². The third-order valence-corrected chi connectivity index (χ3v) is 3.93. The highest BCUT2D eigenvalue weighted by molar-refractivity contribution is 9.10. The van der Waals surface area contributed by atoms with Crippen molar-refractivity contribution < 1.29 is 22.7 Å². The summed E-state index contributed by atoms with van der Waals surface area (Å²) in [6.07, 6.45) is -4.44. The molecule has 6 heteroatoms. The second-order valence-corrected chi connectivity index (χ2v) is 6.03. The molecule has 0 aromatic heterocycles. The second kappa shape index (κ2) is 6.28. The lowest BCUT2D eigenvalue weighted by molar-refractivity contribution is -0.137. The van der Waals surface area contributed by atoms with E-state index in [9.17, 15) is 18.0 Å². The first kappa shape index (κ1) is 16.5. The Morgan fingerprint density at radius 2 is 1.50 bits per heavy atom. The number of rotatable bonds is 2. The molecule has 0 aliphatic carbocycles. The summed E-state index contributed by atoms with van der Waals surface area (Å²) in [7, 11) is 0. The fraction of sp³-hybridized carbons (Fsp3) is 0.0556. The van der Waals surface area contributed by atoms with Gasteiger partial charge in [0.05, 0.1) is 11.1 Å². The Bertz CT molecular complexity index is 902. The highest BCUT2D eigenvalue weighted by atomic mass is 79.9. The van der Waals surface area contributed by atoms with Crippen LogP contribution in [-0.2, 0) is 6.18 Å². The van der Waals surface area contributed by atoms with E-state index in [1.807, 2.05) is 18.2 Å². The maximum atomic E-state index is 12.5. The van der Waals surface area contributed by atoms with Crippen LogP contribution in [-0.4, -0.2) is 5.97 Å².